The Bertz CT molecular complexity index is 400. The molecule has 1 aromatic rings. The number of nitrogens with zero attached hydrogens (tertiary/aromatic N) is 1. The van der Waals surface area contributed by atoms with Crippen molar-refractivity contribution < 1.29 is 9.53 Å². The van der Waals surface area contributed by atoms with Crippen molar-refractivity contribution in [1.82, 2.24) is 10.2 Å². The van der Waals surface area contributed by atoms with E-state index in [2.05, 4.69) is 22.3 Å². The molecule has 2 rings (SSSR count). The lowest BCUT2D eigenvalue weighted by atomic mass is 10.2. The molecule has 1 aromatic carbocycles. The summed E-state index contributed by atoms with van der Waals surface area (Å²) >= 11 is 1.82. The highest BCUT2D eigenvalue weighted by Gasteiger charge is 2.28. The standard InChI is InChI=1S/C14H20N2O2S/c1-15-14(17)13-11-18-9-7-16(13)8-10-19-12-5-3-2-4-6-12/h2-6,13H,7-11H2,1H3,(H,15,17). The van der Waals surface area contributed by atoms with Crippen molar-refractivity contribution in [2.24, 2.45) is 0 Å². The van der Waals surface area contributed by atoms with E-state index in [1.54, 1.807) is 7.05 Å². The van der Waals surface area contributed by atoms with Crippen molar-refractivity contribution in [3.63, 3.8) is 0 Å². The first-order valence-corrected chi connectivity index (χ1v) is 7.51. The highest BCUT2D eigenvalue weighted by Crippen LogP contribution is 2.18. The molecule has 1 atom stereocenters. The highest BCUT2D eigenvalue weighted by molar-refractivity contribution is 7.99. The van der Waals surface area contributed by atoms with Crippen molar-refractivity contribution >= 4 is 17.7 Å². The molecule has 1 N–H and O–H groups in total. The van der Waals surface area contributed by atoms with Crippen molar-refractivity contribution in [2.75, 3.05) is 39.1 Å². The summed E-state index contributed by atoms with van der Waals surface area (Å²) in [5.74, 6) is 1.03. The van der Waals surface area contributed by atoms with Crippen LogP contribution in [-0.4, -0.2) is 56.0 Å². The summed E-state index contributed by atoms with van der Waals surface area (Å²) in [7, 11) is 1.67. The van der Waals surface area contributed by atoms with Gasteiger partial charge in [-0.1, -0.05) is 18.2 Å². The average molecular weight is 280 g/mol. The van der Waals surface area contributed by atoms with Gasteiger partial charge in [-0.3, -0.25) is 9.69 Å². The Morgan fingerprint density at radius 1 is 1.47 bits per heavy atom. The molecular formula is C14H20N2O2S. The topological polar surface area (TPSA) is 41.6 Å². The maximum Gasteiger partial charge on any atom is 0.239 e. The number of hydrogen-bond donors (Lipinski definition) is 1. The number of thioether (sulfide) groups is 1. The van der Waals surface area contributed by atoms with E-state index in [0.29, 0.717) is 13.2 Å². The Kier molecular flexibility index (Phi) is 5.69. The second-order valence-electron chi connectivity index (χ2n) is 4.40. The zero-order valence-electron chi connectivity index (χ0n) is 11.2. The zero-order chi connectivity index (χ0) is 13.5. The highest BCUT2D eigenvalue weighted by atomic mass is 32.2. The van der Waals surface area contributed by atoms with Crippen LogP contribution in [0, 0.1) is 0 Å². The Balaban J connectivity index is 1.81. The monoisotopic (exact) mass is 280 g/mol. The summed E-state index contributed by atoms with van der Waals surface area (Å²) < 4.78 is 5.39. The Morgan fingerprint density at radius 2 is 2.26 bits per heavy atom. The number of morpholine rings is 1. The molecule has 0 aliphatic carbocycles. The van der Waals surface area contributed by atoms with Crippen LogP contribution in [0.3, 0.4) is 0 Å². The van der Waals surface area contributed by atoms with Crippen LogP contribution in [0.15, 0.2) is 35.2 Å². The van der Waals surface area contributed by atoms with Gasteiger partial charge in [0.25, 0.3) is 0 Å². The van der Waals surface area contributed by atoms with E-state index in [-0.39, 0.29) is 11.9 Å². The quantitative estimate of drug-likeness (QED) is 0.824. The number of nitrogens with one attached hydrogen (secondary N) is 1. The molecule has 1 unspecified atom stereocenters. The van der Waals surface area contributed by atoms with Gasteiger partial charge in [0.15, 0.2) is 0 Å². The lowest BCUT2D eigenvalue weighted by Gasteiger charge is -2.34. The number of amides is 1. The van der Waals surface area contributed by atoms with Crippen LogP contribution >= 0.6 is 11.8 Å². The number of carbonyl (C=O) groups is 1. The molecule has 1 fully saturated rings. The largest absolute Gasteiger partial charge is 0.378 e. The second-order valence-corrected chi connectivity index (χ2v) is 5.57. The Labute approximate surface area is 118 Å². The van der Waals surface area contributed by atoms with E-state index < -0.39 is 0 Å². The SMILES string of the molecule is CNC(=O)C1COCCN1CCSc1ccccc1. The Hall–Kier alpha value is -1.04. The van der Waals surface area contributed by atoms with Gasteiger partial charge in [0, 0.05) is 30.8 Å². The normalized spacial score (nSPS) is 20.2. The summed E-state index contributed by atoms with van der Waals surface area (Å²) in [5, 5.41) is 2.71. The molecule has 1 amide bonds. The third kappa shape index (κ3) is 4.23. The number of carbonyl (C=O) groups excluding carboxylic acids is 1. The van der Waals surface area contributed by atoms with Gasteiger partial charge in [-0.05, 0) is 12.1 Å². The molecule has 5 heteroatoms. The van der Waals surface area contributed by atoms with Gasteiger partial charge in [-0.2, -0.15) is 0 Å². The lowest BCUT2D eigenvalue weighted by Crippen LogP contribution is -2.53. The Morgan fingerprint density at radius 3 is 3.00 bits per heavy atom. The van der Waals surface area contributed by atoms with E-state index in [1.165, 1.54) is 4.90 Å². The third-order valence-electron chi connectivity index (χ3n) is 3.18. The molecule has 0 aromatic heterocycles. The van der Waals surface area contributed by atoms with Gasteiger partial charge < -0.3 is 10.1 Å². The van der Waals surface area contributed by atoms with E-state index in [1.807, 2.05) is 30.0 Å². The van der Waals surface area contributed by atoms with E-state index in [9.17, 15) is 4.79 Å². The van der Waals surface area contributed by atoms with Crippen LogP contribution in [0.25, 0.3) is 0 Å². The number of rotatable bonds is 5. The van der Waals surface area contributed by atoms with Crippen LogP contribution in [0.2, 0.25) is 0 Å². The molecule has 104 valence electrons. The molecule has 0 radical (unpaired) electrons. The van der Waals surface area contributed by atoms with Gasteiger partial charge in [0.05, 0.1) is 13.2 Å². The summed E-state index contributed by atoms with van der Waals surface area (Å²) in [6, 6.07) is 10.2. The predicted molar refractivity (Wildman–Crippen MR) is 77.4 cm³/mol. The molecule has 1 saturated heterocycles. The molecule has 1 aliphatic rings. The fraction of sp³-hybridized carbons (Fsp3) is 0.500. The molecule has 1 heterocycles. The van der Waals surface area contributed by atoms with Crippen LogP contribution in [-0.2, 0) is 9.53 Å². The summed E-state index contributed by atoms with van der Waals surface area (Å²) in [5.41, 5.74) is 0. The summed E-state index contributed by atoms with van der Waals surface area (Å²) in [6.45, 7) is 2.94. The van der Waals surface area contributed by atoms with Crippen molar-refractivity contribution in [3.05, 3.63) is 30.3 Å². The fourth-order valence-electron chi connectivity index (χ4n) is 2.11. The van der Waals surface area contributed by atoms with E-state index in [4.69, 9.17) is 4.74 Å². The smallest absolute Gasteiger partial charge is 0.239 e. The second kappa shape index (κ2) is 7.53. The van der Waals surface area contributed by atoms with Gasteiger partial charge in [0.1, 0.15) is 6.04 Å². The molecular weight excluding hydrogens is 260 g/mol. The number of ether oxygens (including phenoxy) is 1. The maximum absolute atomic E-state index is 11.8. The third-order valence-corrected chi connectivity index (χ3v) is 4.17. The van der Waals surface area contributed by atoms with Crippen molar-refractivity contribution in [3.8, 4) is 0 Å². The molecule has 1 aliphatic heterocycles. The van der Waals surface area contributed by atoms with Crippen LogP contribution in [0.1, 0.15) is 0 Å². The molecule has 0 spiro atoms. The van der Waals surface area contributed by atoms with Crippen LogP contribution in [0.4, 0.5) is 0 Å². The van der Waals surface area contributed by atoms with Gasteiger partial charge in [0.2, 0.25) is 5.91 Å². The molecule has 0 bridgehead atoms. The fourth-order valence-corrected chi connectivity index (χ4v) is 3.02. The zero-order valence-corrected chi connectivity index (χ0v) is 12.0. The summed E-state index contributed by atoms with van der Waals surface area (Å²) in [4.78, 5) is 15.2. The minimum atomic E-state index is -0.143. The first-order chi connectivity index (χ1) is 9.31. The molecule has 0 saturated carbocycles. The van der Waals surface area contributed by atoms with Crippen LogP contribution in [0.5, 0.6) is 0 Å². The summed E-state index contributed by atoms with van der Waals surface area (Å²) in [6.07, 6.45) is 0. The van der Waals surface area contributed by atoms with Gasteiger partial charge >= 0.3 is 0 Å². The maximum atomic E-state index is 11.8. The van der Waals surface area contributed by atoms with E-state index >= 15 is 0 Å². The first kappa shape index (κ1) is 14.4. The number of likely N-dealkylation sites (N-methyl/N-ethyl adjacent to an activating group) is 1. The first-order valence-electron chi connectivity index (χ1n) is 6.52. The average Bonchev–Trinajstić information content (AvgIpc) is 2.48. The molecule has 19 heavy (non-hydrogen) atoms. The van der Waals surface area contributed by atoms with Crippen molar-refractivity contribution in [1.29, 1.82) is 0 Å². The van der Waals surface area contributed by atoms with Gasteiger partial charge in [-0.25, -0.2) is 0 Å². The number of hydrogen-bond acceptors (Lipinski definition) is 4. The molecule has 4 nitrogen and oxygen atoms in total. The number of benzene rings is 1. The van der Waals surface area contributed by atoms with Crippen molar-refractivity contribution in [2.45, 2.75) is 10.9 Å². The minimum absolute atomic E-state index is 0.0458. The predicted octanol–water partition coefficient (Wildman–Crippen LogP) is 1.23. The van der Waals surface area contributed by atoms with E-state index in [0.717, 1.165) is 18.8 Å². The lowest BCUT2D eigenvalue weighted by molar-refractivity contribution is -0.131. The van der Waals surface area contributed by atoms with Gasteiger partial charge in [-0.15, -0.1) is 11.8 Å². The van der Waals surface area contributed by atoms with Crippen LogP contribution < -0.4 is 5.32 Å². The minimum Gasteiger partial charge on any atom is -0.378 e.